The van der Waals surface area contributed by atoms with Crippen LogP contribution in [0.1, 0.15) is 13.8 Å². The van der Waals surface area contributed by atoms with Crippen LogP contribution in [0.3, 0.4) is 0 Å². The number of hydrogen-bond donors (Lipinski definition) is 1. The molecule has 22 heavy (non-hydrogen) atoms. The summed E-state index contributed by atoms with van der Waals surface area (Å²) >= 11 is 3.86. The Morgan fingerprint density at radius 2 is 2.23 bits per heavy atom. The van der Waals surface area contributed by atoms with Gasteiger partial charge in [0.25, 0.3) is 0 Å². The van der Waals surface area contributed by atoms with Gasteiger partial charge < -0.3 is 15.1 Å². The van der Waals surface area contributed by atoms with E-state index < -0.39 is 0 Å². The molecule has 1 unspecified atom stereocenters. The van der Waals surface area contributed by atoms with Crippen LogP contribution in [0.2, 0.25) is 0 Å². The highest BCUT2D eigenvalue weighted by Gasteiger charge is 2.25. The molecule has 0 aliphatic carbocycles. The summed E-state index contributed by atoms with van der Waals surface area (Å²) in [7, 11) is 3.54. The molecule has 0 radical (unpaired) electrons. The zero-order valence-corrected chi connectivity index (χ0v) is 16.1. The number of carbonyl (C=O) groups is 1. The SMILES string of the molecule is CSCCNC(=NCC(=O)N(C)C)N1CCSC(C(C)C)C1. The molecule has 0 spiro atoms. The minimum atomic E-state index is 0.0379. The highest BCUT2D eigenvalue weighted by molar-refractivity contribution is 8.00. The fourth-order valence-electron chi connectivity index (χ4n) is 2.09. The van der Waals surface area contributed by atoms with E-state index in [0.717, 1.165) is 37.1 Å². The summed E-state index contributed by atoms with van der Waals surface area (Å²) in [6.45, 7) is 7.64. The Bertz CT molecular complexity index is 375. The number of aliphatic imine (C=N–C) groups is 1. The molecule has 1 atom stereocenters. The van der Waals surface area contributed by atoms with Crippen molar-refractivity contribution in [3.8, 4) is 0 Å². The number of amides is 1. The van der Waals surface area contributed by atoms with Crippen molar-refractivity contribution in [3.05, 3.63) is 0 Å². The van der Waals surface area contributed by atoms with Crippen LogP contribution in [0.5, 0.6) is 0 Å². The average Bonchev–Trinajstić information content (AvgIpc) is 2.50. The minimum Gasteiger partial charge on any atom is -0.355 e. The van der Waals surface area contributed by atoms with E-state index in [1.807, 2.05) is 23.5 Å². The third kappa shape index (κ3) is 6.69. The highest BCUT2D eigenvalue weighted by Crippen LogP contribution is 2.24. The molecule has 5 nitrogen and oxygen atoms in total. The lowest BCUT2D eigenvalue weighted by Crippen LogP contribution is -2.49. The van der Waals surface area contributed by atoms with E-state index in [2.05, 4.69) is 35.3 Å². The van der Waals surface area contributed by atoms with Gasteiger partial charge in [-0.15, -0.1) is 0 Å². The van der Waals surface area contributed by atoms with Crippen LogP contribution in [-0.4, -0.2) is 85.0 Å². The Kier molecular flexibility index (Phi) is 9.09. The first-order valence-electron chi connectivity index (χ1n) is 7.79. The second-order valence-electron chi connectivity index (χ2n) is 5.95. The van der Waals surface area contributed by atoms with Crippen molar-refractivity contribution >= 4 is 35.4 Å². The summed E-state index contributed by atoms with van der Waals surface area (Å²) in [5.74, 6) is 3.74. The van der Waals surface area contributed by atoms with Gasteiger partial charge in [-0.1, -0.05) is 13.8 Å². The molecule has 1 fully saturated rings. The molecule has 7 heteroatoms. The molecular weight excluding hydrogens is 316 g/mol. The molecule has 0 aromatic heterocycles. The lowest BCUT2D eigenvalue weighted by Gasteiger charge is -2.36. The maximum Gasteiger partial charge on any atom is 0.243 e. The number of likely N-dealkylation sites (N-methyl/N-ethyl adjacent to an activating group) is 1. The molecule has 1 rings (SSSR count). The van der Waals surface area contributed by atoms with E-state index in [0.29, 0.717) is 11.2 Å². The molecule has 0 aromatic carbocycles. The summed E-state index contributed by atoms with van der Waals surface area (Å²) < 4.78 is 0. The van der Waals surface area contributed by atoms with Crippen molar-refractivity contribution in [1.29, 1.82) is 0 Å². The maximum absolute atomic E-state index is 11.8. The van der Waals surface area contributed by atoms with Crippen LogP contribution >= 0.6 is 23.5 Å². The predicted molar refractivity (Wildman–Crippen MR) is 100 cm³/mol. The Morgan fingerprint density at radius 3 is 2.82 bits per heavy atom. The number of nitrogens with one attached hydrogen (secondary N) is 1. The van der Waals surface area contributed by atoms with E-state index >= 15 is 0 Å². The third-order valence-corrected chi connectivity index (χ3v) is 5.74. The number of nitrogens with zero attached hydrogens (tertiary/aromatic N) is 3. The van der Waals surface area contributed by atoms with E-state index in [1.54, 1.807) is 19.0 Å². The van der Waals surface area contributed by atoms with Gasteiger partial charge in [-0.3, -0.25) is 4.79 Å². The van der Waals surface area contributed by atoms with Crippen LogP contribution in [-0.2, 0) is 4.79 Å². The topological polar surface area (TPSA) is 47.9 Å². The fourth-order valence-corrected chi connectivity index (χ4v) is 3.69. The van der Waals surface area contributed by atoms with Gasteiger partial charge in [0.15, 0.2) is 5.96 Å². The van der Waals surface area contributed by atoms with Crippen LogP contribution in [0, 0.1) is 5.92 Å². The lowest BCUT2D eigenvalue weighted by atomic mass is 10.1. The molecule has 1 amide bonds. The molecule has 0 aromatic rings. The normalized spacial score (nSPS) is 19.5. The van der Waals surface area contributed by atoms with Crippen LogP contribution in [0.25, 0.3) is 0 Å². The number of rotatable bonds is 6. The molecule has 1 aliphatic heterocycles. The smallest absolute Gasteiger partial charge is 0.243 e. The first-order valence-corrected chi connectivity index (χ1v) is 10.2. The first-order chi connectivity index (χ1) is 10.5. The van der Waals surface area contributed by atoms with Gasteiger partial charge in [0.1, 0.15) is 6.54 Å². The standard InChI is InChI=1S/C15H30N4OS2/c1-12(2)13-11-19(7-9-22-13)15(16-6-8-21-5)17-10-14(20)18(3)4/h12-13H,6-11H2,1-5H3,(H,16,17). The molecule has 1 N–H and O–H groups in total. The third-order valence-electron chi connectivity index (χ3n) is 3.59. The van der Waals surface area contributed by atoms with Crippen molar-refractivity contribution in [1.82, 2.24) is 15.1 Å². The van der Waals surface area contributed by atoms with Gasteiger partial charge in [0.2, 0.25) is 5.91 Å². The molecule has 1 aliphatic rings. The largest absolute Gasteiger partial charge is 0.355 e. The van der Waals surface area contributed by atoms with Gasteiger partial charge in [0, 0.05) is 50.5 Å². The summed E-state index contributed by atoms with van der Waals surface area (Å²) in [6, 6.07) is 0. The van der Waals surface area contributed by atoms with Crippen LogP contribution in [0.4, 0.5) is 0 Å². The lowest BCUT2D eigenvalue weighted by molar-refractivity contribution is -0.127. The average molecular weight is 347 g/mol. The van der Waals surface area contributed by atoms with Gasteiger partial charge >= 0.3 is 0 Å². The fraction of sp³-hybridized carbons (Fsp3) is 0.867. The monoisotopic (exact) mass is 346 g/mol. The second-order valence-corrected chi connectivity index (χ2v) is 8.28. The Labute approximate surface area is 143 Å². The van der Waals surface area contributed by atoms with Crippen LogP contribution in [0.15, 0.2) is 4.99 Å². The molecule has 1 heterocycles. The first kappa shape index (κ1) is 19.5. The number of hydrogen-bond acceptors (Lipinski definition) is 4. The molecule has 0 saturated carbocycles. The number of guanidine groups is 1. The van der Waals surface area contributed by atoms with Crippen molar-refractivity contribution in [3.63, 3.8) is 0 Å². The van der Waals surface area contributed by atoms with Gasteiger partial charge in [0.05, 0.1) is 0 Å². The maximum atomic E-state index is 11.8. The number of carbonyl (C=O) groups excluding carboxylic acids is 1. The molecule has 1 saturated heterocycles. The summed E-state index contributed by atoms with van der Waals surface area (Å²) in [4.78, 5) is 20.3. The van der Waals surface area contributed by atoms with Gasteiger partial charge in [-0.2, -0.15) is 23.5 Å². The Balaban J connectivity index is 2.70. The summed E-state index contributed by atoms with van der Waals surface area (Å²) in [6.07, 6.45) is 2.10. The van der Waals surface area contributed by atoms with Crippen molar-refractivity contribution < 1.29 is 4.79 Å². The van der Waals surface area contributed by atoms with Gasteiger partial charge in [-0.25, -0.2) is 4.99 Å². The zero-order valence-electron chi connectivity index (χ0n) is 14.5. The molecule has 0 bridgehead atoms. The molecular formula is C15H30N4OS2. The number of thioether (sulfide) groups is 2. The Hall–Kier alpha value is -0.560. The van der Waals surface area contributed by atoms with E-state index in [4.69, 9.17) is 0 Å². The summed E-state index contributed by atoms with van der Waals surface area (Å²) in [5, 5.41) is 4.05. The van der Waals surface area contributed by atoms with E-state index in [1.165, 1.54) is 0 Å². The quantitative estimate of drug-likeness (QED) is 0.448. The van der Waals surface area contributed by atoms with Crippen molar-refractivity contribution in [2.75, 3.05) is 58.0 Å². The minimum absolute atomic E-state index is 0.0379. The van der Waals surface area contributed by atoms with Crippen molar-refractivity contribution in [2.45, 2.75) is 19.1 Å². The van der Waals surface area contributed by atoms with Crippen molar-refractivity contribution in [2.24, 2.45) is 10.9 Å². The molecule has 128 valence electrons. The van der Waals surface area contributed by atoms with Crippen LogP contribution < -0.4 is 5.32 Å². The highest BCUT2D eigenvalue weighted by atomic mass is 32.2. The zero-order chi connectivity index (χ0) is 16.5. The Morgan fingerprint density at radius 1 is 1.50 bits per heavy atom. The predicted octanol–water partition coefficient (Wildman–Crippen LogP) is 1.46. The van der Waals surface area contributed by atoms with E-state index in [9.17, 15) is 4.79 Å². The van der Waals surface area contributed by atoms with E-state index in [-0.39, 0.29) is 12.5 Å². The van der Waals surface area contributed by atoms with Gasteiger partial charge in [-0.05, 0) is 12.2 Å². The second kappa shape index (κ2) is 10.3. The summed E-state index contributed by atoms with van der Waals surface area (Å²) in [5.41, 5.74) is 0.